The standard InChI is InChI=1S/C21H24N4OS2/c1-13-6-4-8-18(15(13)3)25-19-9-5-7-17(16(19)10-22-25)24-20(26)12-28-21-23-14(2)11-27-21/h4,6,8,10-11,17H,5,7,9,12H2,1-3H3,(H,24,26). The average molecular weight is 413 g/mol. The monoisotopic (exact) mass is 412 g/mol. The van der Waals surface area contributed by atoms with E-state index in [2.05, 4.69) is 52.1 Å². The van der Waals surface area contributed by atoms with E-state index >= 15 is 0 Å². The summed E-state index contributed by atoms with van der Waals surface area (Å²) in [5.41, 5.74) is 7.00. The van der Waals surface area contributed by atoms with Crippen LogP contribution in [0.15, 0.2) is 34.1 Å². The first kappa shape index (κ1) is 19.2. The van der Waals surface area contributed by atoms with Crippen molar-refractivity contribution in [1.82, 2.24) is 20.1 Å². The first-order chi connectivity index (χ1) is 13.5. The van der Waals surface area contributed by atoms with Crippen LogP contribution in [-0.2, 0) is 11.2 Å². The number of hydrogen-bond acceptors (Lipinski definition) is 5. The van der Waals surface area contributed by atoms with Crippen molar-refractivity contribution in [2.45, 2.75) is 50.4 Å². The fourth-order valence-corrected chi connectivity index (χ4v) is 5.30. The van der Waals surface area contributed by atoms with Gasteiger partial charge in [-0.2, -0.15) is 5.10 Å². The van der Waals surface area contributed by atoms with Gasteiger partial charge in [-0.1, -0.05) is 23.9 Å². The predicted octanol–water partition coefficient (Wildman–Crippen LogP) is 4.54. The van der Waals surface area contributed by atoms with Gasteiger partial charge in [0.15, 0.2) is 4.34 Å². The summed E-state index contributed by atoms with van der Waals surface area (Å²) in [6.45, 7) is 6.23. The van der Waals surface area contributed by atoms with Crippen LogP contribution in [0.4, 0.5) is 0 Å². The zero-order valence-electron chi connectivity index (χ0n) is 16.4. The lowest BCUT2D eigenvalue weighted by atomic mass is 9.92. The maximum atomic E-state index is 12.5. The number of thioether (sulfide) groups is 1. The summed E-state index contributed by atoms with van der Waals surface area (Å²) in [5.74, 6) is 0.444. The van der Waals surface area contributed by atoms with Gasteiger partial charge in [-0.25, -0.2) is 9.67 Å². The van der Waals surface area contributed by atoms with Gasteiger partial charge >= 0.3 is 0 Å². The Labute approximate surface area is 173 Å². The first-order valence-corrected chi connectivity index (χ1v) is 11.4. The molecule has 1 unspecified atom stereocenters. The molecule has 2 aromatic heterocycles. The molecule has 2 heterocycles. The van der Waals surface area contributed by atoms with Gasteiger partial charge in [0.25, 0.3) is 0 Å². The second-order valence-corrected chi connectivity index (χ2v) is 9.31. The number of carbonyl (C=O) groups excluding carboxylic acids is 1. The largest absolute Gasteiger partial charge is 0.348 e. The molecule has 146 valence electrons. The smallest absolute Gasteiger partial charge is 0.230 e. The first-order valence-electron chi connectivity index (χ1n) is 9.50. The van der Waals surface area contributed by atoms with Crippen LogP contribution in [0.3, 0.4) is 0 Å². The van der Waals surface area contributed by atoms with Crippen molar-refractivity contribution < 1.29 is 4.79 Å². The molecule has 0 spiro atoms. The van der Waals surface area contributed by atoms with Gasteiger partial charge in [-0.3, -0.25) is 4.79 Å². The third-order valence-electron chi connectivity index (χ3n) is 5.25. The molecule has 4 rings (SSSR count). The Morgan fingerprint density at radius 3 is 3.00 bits per heavy atom. The van der Waals surface area contributed by atoms with Gasteiger partial charge in [0.05, 0.1) is 23.7 Å². The van der Waals surface area contributed by atoms with Crippen molar-refractivity contribution in [3.63, 3.8) is 0 Å². The Morgan fingerprint density at radius 2 is 2.21 bits per heavy atom. The molecule has 0 radical (unpaired) electrons. The number of benzene rings is 1. The molecule has 3 aromatic rings. The summed E-state index contributed by atoms with van der Waals surface area (Å²) in [7, 11) is 0. The van der Waals surface area contributed by atoms with Crippen molar-refractivity contribution in [2.75, 3.05) is 5.75 Å². The molecule has 0 saturated carbocycles. The molecule has 1 atom stereocenters. The lowest BCUT2D eigenvalue weighted by Crippen LogP contribution is -2.32. The lowest BCUT2D eigenvalue weighted by Gasteiger charge is -2.24. The molecular formula is C21H24N4OS2. The van der Waals surface area contributed by atoms with Crippen molar-refractivity contribution in [2.24, 2.45) is 0 Å². The average Bonchev–Trinajstić information content (AvgIpc) is 3.29. The topological polar surface area (TPSA) is 59.8 Å². The summed E-state index contributed by atoms with van der Waals surface area (Å²) in [6, 6.07) is 6.35. The number of nitrogens with one attached hydrogen (secondary N) is 1. The molecule has 0 aliphatic heterocycles. The van der Waals surface area contributed by atoms with Gasteiger partial charge in [-0.15, -0.1) is 11.3 Å². The van der Waals surface area contributed by atoms with E-state index < -0.39 is 0 Å². The quantitative estimate of drug-likeness (QED) is 0.625. The van der Waals surface area contributed by atoms with Crippen LogP contribution >= 0.6 is 23.1 Å². The molecule has 0 saturated heterocycles. The summed E-state index contributed by atoms with van der Waals surface area (Å²) in [4.78, 5) is 16.9. The Kier molecular flexibility index (Phi) is 5.55. The number of nitrogens with zero attached hydrogens (tertiary/aromatic N) is 3. The molecule has 1 aromatic carbocycles. The number of carbonyl (C=O) groups is 1. The minimum atomic E-state index is 0.0359. The van der Waals surface area contributed by atoms with Crippen LogP contribution in [0.2, 0.25) is 0 Å². The molecule has 1 aliphatic carbocycles. The molecule has 28 heavy (non-hydrogen) atoms. The van der Waals surface area contributed by atoms with E-state index in [-0.39, 0.29) is 11.9 Å². The van der Waals surface area contributed by atoms with E-state index in [0.717, 1.165) is 40.5 Å². The maximum absolute atomic E-state index is 12.5. The minimum Gasteiger partial charge on any atom is -0.348 e. The Balaban J connectivity index is 1.49. The highest BCUT2D eigenvalue weighted by atomic mass is 32.2. The van der Waals surface area contributed by atoms with E-state index in [1.54, 1.807) is 11.3 Å². The number of aromatic nitrogens is 3. The highest BCUT2D eigenvalue weighted by Crippen LogP contribution is 2.32. The third-order valence-corrected chi connectivity index (χ3v) is 7.39. The number of hydrogen-bond donors (Lipinski definition) is 1. The third kappa shape index (κ3) is 3.86. The SMILES string of the molecule is Cc1csc(SCC(=O)NC2CCCc3c2cnn3-c2cccc(C)c2C)n1. The normalized spacial score (nSPS) is 16.0. The highest BCUT2D eigenvalue weighted by molar-refractivity contribution is 8.01. The van der Waals surface area contributed by atoms with E-state index in [4.69, 9.17) is 0 Å². The van der Waals surface area contributed by atoms with E-state index in [1.807, 2.05) is 18.5 Å². The van der Waals surface area contributed by atoms with Crippen LogP contribution in [-0.4, -0.2) is 26.4 Å². The van der Waals surface area contributed by atoms with Crippen molar-refractivity contribution in [3.8, 4) is 5.69 Å². The van der Waals surface area contributed by atoms with Crippen LogP contribution in [0.25, 0.3) is 5.69 Å². The number of thiazole rings is 1. The molecule has 1 N–H and O–H groups in total. The molecule has 7 heteroatoms. The molecular weight excluding hydrogens is 388 g/mol. The van der Waals surface area contributed by atoms with Crippen LogP contribution < -0.4 is 5.32 Å². The van der Waals surface area contributed by atoms with Gasteiger partial charge in [-0.05, 0) is 57.2 Å². The second-order valence-electron chi connectivity index (χ2n) is 7.23. The number of fused-ring (bicyclic) bond motifs is 1. The molecule has 1 amide bonds. The second kappa shape index (κ2) is 8.09. The summed E-state index contributed by atoms with van der Waals surface area (Å²) in [6.07, 6.45) is 4.92. The Hall–Kier alpha value is -2.12. The van der Waals surface area contributed by atoms with Gasteiger partial charge < -0.3 is 5.32 Å². The number of rotatable bonds is 5. The summed E-state index contributed by atoms with van der Waals surface area (Å²) >= 11 is 3.09. The Morgan fingerprint density at radius 1 is 1.36 bits per heavy atom. The van der Waals surface area contributed by atoms with Gasteiger partial charge in [0, 0.05) is 22.3 Å². The van der Waals surface area contributed by atoms with Gasteiger partial charge in [0.1, 0.15) is 0 Å². The van der Waals surface area contributed by atoms with E-state index in [0.29, 0.717) is 5.75 Å². The molecule has 0 bridgehead atoms. The number of aryl methyl sites for hydroxylation is 2. The van der Waals surface area contributed by atoms with Crippen molar-refractivity contribution in [3.05, 3.63) is 57.9 Å². The zero-order chi connectivity index (χ0) is 19.7. The highest BCUT2D eigenvalue weighted by Gasteiger charge is 2.26. The Bertz CT molecular complexity index is 1010. The molecule has 5 nitrogen and oxygen atoms in total. The van der Waals surface area contributed by atoms with Crippen molar-refractivity contribution in [1.29, 1.82) is 0 Å². The fourth-order valence-electron chi connectivity index (χ4n) is 3.64. The maximum Gasteiger partial charge on any atom is 0.230 e. The van der Waals surface area contributed by atoms with E-state index in [9.17, 15) is 4.79 Å². The van der Waals surface area contributed by atoms with Gasteiger partial charge in [0.2, 0.25) is 5.91 Å². The van der Waals surface area contributed by atoms with Crippen LogP contribution in [0.1, 0.15) is 47.0 Å². The van der Waals surface area contributed by atoms with Crippen molar-refractivity contribution >= 4 is 29.0 Å². The minimum absolute atomic E-state index is 0.0359. The molecule has 1 aliphatic rings. The summed E-state index contributed by atoms with van der Waals surface area (Å²) < 4.78 is 3.00. The van der Waals surface area contributed by atoms with Crippen LogP contribution in [0, 0.1) is 20.8 Å². The summed E-state index contributed by atoms with van der Waals surface area (Å²) in [5, 5.41) is 9.89. The van der Waals surface area contributed by atoms with Crippen LogP contribution in [0.5, 0.6) is 0 Å². The number of amides is 1. The predicted molar refractivity (Wildman–Crippen MR) is 114 cm³/mol. The molecule has 0 fully saturated rings. The fraction of sp³-hybridized carbons (Fsp3) is 0.381. The van der Waals surface area contributed by atoms with E-state index in [1.165, 1.54) is 28.6 Å². The lowest BCUT2D eigenvalue weighted by molar-refractivity contribution is -0.119. The zero-order valence-corrected chi connectivity index (χ0v) is 18.0.